The van der Waals surface area contributed by atoms with Gasteiger partial charge in [-0.2, -0.15) is 0 Å². The van der Waals surface area contributed by atoms with Crippen molar-refractivity contribution in [1.29, 1.82) is 0 Å². The SMILES string of the molecule is COC(CC(C)(N)C/C=C/c1ccccc1)(c1ccccc1)c1ccccc1. The fourth-order valence-corrected chi connectivity index (χ4v) is 3.76. The molecular formula is C26H29NO. The minimum atomic E-state index is -0.591. The van der Waals surface area contributed by atoms with E-state index in [0.29, 0.717) is 6.42 Å². The summed E-state index contributed by atoms with van der Waals surface area (Å²) in [4.78, 5) is 0. The Kier molecular flexibility index (Phi) is 6.45. The zero-order valence-electron chi connectivity index (χ0n) is 16.7. The maximum absolute atomic E-state index is 6.79. The molecule has 28 heavy (non-hydrogen) atoms. The highest BCUT2D eigenvalue weighted by atomic mass is 16.5. The Morgan fingerprint density at radius 2 is 1.25 bits per heavy atom. The van der Waals surface area contributed by atoms with Crippen LogP contribution >= 0.6 is 0 Å². The van der Waals surface area contributed by atoms with Crippen LogP contribution in [0.4, 0.5) is 0 Å². The summed E-state index contributed by atoms with van der Waals surface area (Å²) in [5, 5.41) is 0. The minimum absolute atomic E-state index is 0.438. The van der Waals surface area contributed by atoms with Crippen LogP contribution < -0.4 is 5.73 Å². The third-order valence-corrected chi connectivity index (χ3v) is 5.18. The maximum atomic E-state index is 6.79. The molecule has 3 rings (SSSR count). The molecule has 2 heteroatoms. The molecule has 0 heterocycles. The lowest BCUT2D eigenvalue weighted by Gasteiger charge is -2.40. The molecule has 1 atom stereocenters. The van der Waals surface area contributed by atoms with Gasteiger partial charge in [-0.05, 0) is 30.0 Å². The summed E-state index contributed by atoms with van der Waals surface area (Å²) in [7, 11) is 1.77. The molecule has 0 aromatic heterocycles. The molecule has 0 spiro atoms. The van der Waals surface area contributed by atoms with Gasteiger partial charge in [0.05, 0.1) is 0 Å². The van der Waals surface area contributed by atoms with Crippen LogP contribution in [0.2, 0.25) is 0 Å². The number of methoxy groups -OCH3 is 1. The van der Waals surface area contributed by atoms with Crippen molar-refractivity contribution >= 4 is 6.08 Å². The van der Waals surface area contributed by atoms with E-state index < -0.39 is 11.1 Å². The minimum Gasteiger partial charge on any atom is -0.369 e. The number of hydrogen-bond donors (Lipinski definition) is 1. The van der Waals surface area contributed by atoms with Crippen molar-refractivity contribution in [1.82, 2.24) is 0 Å². The van der Waals surface area contributed by atoms with E-state index in [2.05, 4.69) is 79.7 Å². The number of rotatable bonds is 8. The zero-order chi connectivity index (χ0) is 19.9. The van der Waals surface area contributed by atoms with Gasteiger partial charge in [-0.15, -0.1) is 0 Å². The van der Waals surface area contributed by atoms with Gasteiger partial charge in [0.1, 0.15) is 5.60 Å². The first-order valence-corrected chi connectivity index (χ1v) is 9.72. The predicted molar refractivity (Wildman–Crippen MR) is 118 cm³/mol. The van der Waals surface area contributed by atoms with Crippen LogP contribution in [0, 0.1) is 0 Å². The molecule has 0 fully saturated rings. The second-order valence-corrected chi connectivity index (χ2v) is 7.61. The Balaban J connectivity index is 1.89. The summed E-state index contributed by atoms with van der Waals surface area (Å²) < 4.78 is 6.21. The molecule has 0 saturated carbocycles. The lowest BCUT2D eigenvalue weighted by Crippen LogP contribution is -2.45. The largest absolute Gasteiger partial charge is 0.369 e. The lowest BCUT2D eigenvalue weighted by atomic mass is 9.75. The molecule has 0 aliphatic rings. The van der Waals surface area contributed by atoms with Crippen LogP contribution in [0.5, 0.6) is 0 Å². The first kappa shape index (κ1) is 20.1. The Labute approximate surface area is 168 Å². The van der Waals surface area contributed by atoms with Crippen molar-refractivity contribution in [2.45, 2.75) is 30.9 Å². The summed E-state index contributed by atoms with van der Waals surface area (Å²) in [6.07, 6.45) is 5.71. The molecule has 3 aromatic rings. The highest BCUT2D eigenvalue weighted by Crippen LogP contribution is 2.40. The van der Waals surface area contributed by atoms with Gasteiger partial charge in [0.15, 0.2) is 0 Å². The quantitative estimate of drug-likeness (QED) is 0.544. The summed E-state index contributed by atoms with van der Waals surface area (Å²) in [5.41, 5.74) is 9.18. The van der Waals surface area contributed by atoms with E-state index >= 15 is 0 Å². The molecule has 3 aromatic carbocycles. The molecule has 0 aliphatic heterocycles. The average Bonchev–Trinajstić information content (AvgIpc) is 2.74. The van der Waals surface area contributed by atoms with Gasteiger partial charge >= 0.3 is 0 Å². The zero-order valence-corrected chi connectivity index (χ0v) is 16.7. The van der Waals surface area contributed by atoms with Gasteiger partial charge < -0.3 is 10.5 Å². The highest BCUT2D eigenvalue weighted by molar-refractivity contribution is 5.49. The fourth-order valence-electron chi connectivity index (χ4n) is 3.76. The summed E-state index contributed by atoms with van der Waals surface area (Å²) in [6, 6.07) is 31.0. The van der Waals surface area contributed by atoms with Gasteiger partial charge in [0, 0.05) is 19.1 Å². The second-order valence-electron chi connectivity index (χ2n) is 7.61. The highest BCUT2D eigenvalue weighted by Gasteiger charge is 2.39. The average molecular weight is 372 g/mol. The Hall–Kier alpha value is -2.68. The van der Waals surface area contributed by atoms with Crippen LogP contribution in [0.3, 0.4) is 0 Å². The van der Waals surface area contributed by atoms with Crippen molar-refractivity contribution in [3.63, 3.8) is 0 Å². The number of hydrogen-bond acceptors (Lipinski definition) is 2. The summed E-state index contributed by atoms with van der Waals surface area (Å²) in [5.74, 6) is 0. The number of nitrogens with two attached hydrogens (primary N) is 1. The van der Waals surface area contributed by atoms with Crippen LogP contribution in [-0.2, 0) is 10.3 Å². The van der Waals surface area contributed by atoms with E-state index in [-0.39, 0.29) is 0 Å². The van der Waals surface area contributed by atoms with Gasteiger partial charge in [0.2, 0.25) is 0 Å². The van der Waals surface area contributed by atoms with Crippen molar-refractivity contribution in [2.24, 2.45) is 5.73 Å². The number of ether oxygens (including phenoxy) is 1. The van der Waals surface area contributed by atoms with E-state index in [1.54, 1.807) is 7.11 Å². The Morgan fingerprint density at radius 3 is 1.71 bits per heavy atom. The van der Waals surface area contributed by atoms with Crippen molar-refractivity contribution in [2.75, 3.05) is 7.11 Å². The second kappa shape index (κ2) is 9.01. The summed E-state index contributed by atoms with van der Waals surface area (Å²) >= 11 is 0. The van der Waals surface area contributed by atoms with Crippen LogP contribution in [0.15, 0.2) is 97.1 Å². The normalized spacial score (nSPS) is 14.1. The third kappa shape index (κ3) is 4.78. The first-order chi connectivity index (χ1) is 13.6. The van der Waals surface area contributed by atoms with Crippen molar-refractivity contribution in [3.8, 4) is 0 Å². The molecule has 1 unspecified atom stereocenters. The van der Waals surface area contributed by atoms with E-state index in [0.717, 1.165) is 17.5 Å². The van der Waals surface area contributed by atoms with Gasteiger partial charge in [0.25, 0.3) is 0 Å². The van der Waals surface area contributed by atoms with Gasteiger partial charge in [-0.1, -0.05) is 103 Å². The van der Waals surface area contributed by atoms with Gasteiger partial charge in [-0.25, -0.2) is 0 Å². The molecule has 0 bridgehead atoms. The molecular weight excluding hydrogens is 342 g/mol. The molecule has 0 radical (unpaired) electrons. The van der Waals surface area contributed by atoms with Crippen molar-refractivity contribution < 1.29 is 4.74 Å². The topological polar surface area (TPSA) is 35.2 Å². The van der Waals surface area contributed by atoms with E-state index in [4.69, 9.17) is 10.5 Å². The summed E-state index contributed by atoms with van der Waals surface area (Å²) in [6.45, 7) is 2.10. The molecule has 0 amide bonds. The monoisotopic (exact) mass is 371 g/mol. The first-order valence-electron chi connectivity index (χ1n) is 9.72. The Morgan fingerprint density at radius 1 is 0.786 bits per heavy atom. The van der Waals surface area contributed by atoms with Gasteiger partial charge in [-0.3, -0.25) is 0 Å². The van der Waals surface area contributed by atoms with E-state index in [1.165, 1.54) is 5.56 Å². The number of benzene rings is 3. The van der Waals surface area contributed by atoms with E-state index in [1.807, 2.05) is 30.3 Å². The third-order valence-electron chi connectivity index (χ3n) is 5.18. The van der Waals surface area contributed by atoms with Crippen LogP contribution in [-0.4, -0.2) is 12.6 Å². The van der Waals surface area contributed by atoms with Crippen LogP contribution in [0.1, 0.15) is 36.5 Å². The van der Waals surface area contributed by atoms with Crippen molar-refractivity contribution in [3.05, 3.63) is 114 Å². The Bertz CT molecular complexity index is 831. The fraction of sp³-hybridized carbons (Fsp3) is 0.231. The molecule has 2 nitrogen and oxygen atoms in total. The lowest BCUT2D eigenvalue weighted by molar-refractivity contribution is -0.00187. The molecule has 144 valence electrons. The van der Waals surface area contributed by atoms with E-state index in [9.17, 15) is 0 Å². The van der Waals surface area contributed by atoms with Crippen LogP contribution in [0.25, 0.3) is 6.08 Å². The maximum Gasteiger partial charge on any atom is 0.119 e. The molecule has 2 N–H and O–H groups in total. The molecule has 0 saturated heterocycles. The standard InChI is InChI=1S/C26H29NO/c1-25(27,20-12-15-22-13-6-3-7-14-22)21-26(28-2,23-16-8-4-9-17-23)24-18-10-5-11-19-24/h3-19H,20-21,27H2,1-2H3/b15-12+. The smallest absolute Gasteiger partial charge is 0.119 e. The predicted octanol–water partition coefficient (Wildman–Crippen LogP) is 5.79. The molecule has 0 aliphatic carbocycles.